The Bertz CT molecular complexity index is 1270. The maximum Gasteiger partial charge on any atom is 0.408 e. The molecule has 0 aliphatic carbocycles. The van der Waals surface area contributed by atoms with Crippen LogP contribution < -0.4 is 31.9 Å². The zero-order chi connectivity index (χ0) is 41.6. The lowest BCUT2D eigenvalue weighted by Crippen LogP contribution is -2.63. The summed E-state index contributed by atoms with van der Waals surface area (Å²) >= 11 is 0. The molecule has 0 aromatic carbocycles. The van der Waals surface area contributed by atoms with E-state index in [1.54, 1.807) is 20.8 Å². The predicted octanol–water partition coefficient (Wildman–Crippen LogP) is 3.48. The molecule has 15 nitrogen and oxygen atoms in total. The number of alkyl carbamates (subject to hydrolysis) is 1. The second kappa shape index (κ2) is 21.1. The van der Waals surface area contributed by atoms with E-state index in [1.165, 1.54) is 34.8 Å². The number of carbonyl (C=O) groups excluding carboxylic acids is 7. The molecule has 0 saturated carbocycles. The summed E-state index contributed by atoms with van der Waals surface area (Å²) < 4.78 is 10.1. The Kier molecular flexibility index (Phi) is 19.5. The second-order valence-corrected chi connectivity index (χ2v) is 17.6. The molecule has 0 spiro atoms. The van der Waals surface area contributed by atoms with Crippen LogP contribution >= 0.6 is 0 Å². The molecule has 0 fully saturated rings. The van der Waals surface area contributed by atoms with Gasteiger partial charge >= 0.3 is 12.1 Å². The lowest BCUT2D eigenvalue weighted by molar-refractivity contribution is -0.149. The Hall–Kier alpha value is -3.91. The first-order chi connectivity index (χ1) is 24.0. The number of amides is 6. The highest BCUT2D eigenvalue weighted by molar-refractivity contribution is 5.98. The van der Waals surface area contributed by atoms with Gasteiger partial charge in [0.15, 0.2) is 0 Å². The fraction of sp³-hybridized carbons (Fsp3) is 0.816. The normalized spacial score (nSPS) is 14.5. The van der Waals surface area contributed by atoms with Gasteiger partial charge in [-0.2, -0.15) is 0 Å². The molecule has 6 amide bonds. The molecule has 0 rings (SSSR count). The summed E-state index contributed by atoms with van der Waals surface area (Å²) in [5, 5.41) is 16.2. The third kappa shape index (κ3) is 19.1. The van der Waals surface area contributed by atoms with Crippen LogP contribution in [-0.4, -0.2) is 89.6 Å². The van der Waals surface area contributed by atoms with E-state index in [0.29, 0.717) is 0 Å². The summed E-state index contributed by atoms with van der Waals surface area (Å²) in [5.41, 5.74) is -3.67. The van der Waals surface area contributed by atoms with Gasteiger partial charge < -0.3 is 41.4 Å². The number of esters is 1. The van der Waals surface area contributed by atoms with Crippen molar-refractivity contribution in [3.63, 3.8) is 0 Å². The van der Waals surface area contributed by atoms with E-state index in [4.69, 9.17) is 9.47 Å². The van der Waals surface area contributed by atoms with Crippen molar-refractivity contribution >= 4 is 41.6 Å². The molecule has 0 aromatic rings. The minimum Gasteiger partial charge on any atom is -0.467 e. The van der Waals surface area contributed by atoms with Gasteiger partial charge in [-0.05, 0) is 97.8 Å². The zero-order valence-electron chi connectivity index (χ0n) is 35.1. The highest BCUT2D eigenvalue weighted by atomic mass is 16.6. The van der Waals surface area contributed by atoms with E-state index >= 15 is 0 Å². The van der Waals surface area contributed by atoms with Gasteiger partial charge in [-0.1, -0.05) is 55.4 Å². The predicted molar refractivity (Wildman–Crippen MR) is 203 cm³/mol. The van der Waals surface area contributed by atoms with Crippen LogP contribution in [-0.2, 0) is 38.2 Å². The average Bonchev–Trinajstić information content (AvgIpc) is 2.96. The first-order valence-corrected chi connectivity index (χ1v) is 18.6. The minimum atomic E-state index is -1.54. The summed E-state index contributed by atoms with van der Waals surface area (Å²) in [6.45, 7) is 26.1. The molecule has 0 aliphatic heterocycles. The van der Waals surface area contributed by atoms with Gasteiger partial charge in [-0.15, -0.1) is 0 Å². The quantitative estimate of drug-likeness (QED) is 0.100. The van der Waals surface area contributed by atoms with Crippen molar-refractivity contribution < 1.29 is 43.0 Å². The van der Waals surface area contributed by atoms with E-state index in [9.17, 15) is 33.6 Å². The summed E-state index contributed by atoms with van der Waals surface area (Å²) in [6.07, 6.45) is 0.242. The maximum atomic E-state index is 13.7. The third-order valence-electron chi connectivity index (χ3n) is 7.86. The van der Waals surface area contributed by atoms with Crippen molar-refractivity contribution in [2.24, 2.45) is 23.7 Å². The SMILES string of the molecule is COC(=O)C(C)(C)NC(=O)[C@H](CC(C)C)NC(=O)[C@@H](CC(C)C)NC(=O)C(C)(C)NC(=O)[C@@H](CC(C)C)NC(=O)[C@H](CC(C)C)NC(=O)OC(C)(C)C. The Morgan fingerprint density at radius 3 is 1.11 bits per heavy atom. The van der Waals surface area contributed by atoms with E-state index in [0.717, 1.165) is 0 Å². The zero-order valence-corrected chi connectivity index (χ0v) is 35.1. The van der Waals surface area contributed by atoms with Crippen molar-refractivity contribution in [1.82, 2.24) is 31.9 Å². The molecule has 15 heteroatoms. The maximum absolute atomic E-state index is 13.7. The Labute approximate surface area is 317 Å². The number of hydrogen-bond acceptors (Lipinski definition) is 9. The van der Waals surface area contributed by atoms with Crippen molar-refractivity contribution in [2.45, 2.75) is 170 Å². The van der Waals surface area contributed by atoms with E-state index in [1.807, 2.05) is 55.4 Å². The van der Waals surface area contributed by atoms with E-state index < -0.39 is 82.4 Å². The molecule has 0 saturated heterocycles. The molecule has 0 unspecified atom stereocenters. The second-order valence-electron chi connectivity index (χ2n) is 17.6. The lowest BCUT2D eigenvalue weighted by atomic mass is 9.96. The Morgan fingerprint density at radius 1 is 0.472 bits per heavy atom. The fourth-order valence-electron chi connectivity index (χ4n) is 5.30. The van der Waals surface area contributed by atoms with Gasteiger partial charge in [0, 0.05) is 0 Å². The number of hydrogen-bond donors (Lipinski definition) is 6. The van der Waals surface area contributed by atoms with Crippen LogP contribution in [0.25, 0.3) is 0 Å². The number of carbonyl (C=O) groups is 7. The van der Waals surface area contributed by atoms with Gasteiger partial charge in [-0.25, -0.2) is 9.59 Å². The number of ether oxygens (including phenoxy) is 2. The number of nitrogens with one attached hydrogen (secondary N) is 6. The topological polar surface area (TPSA) is 210 Å². The lowest BCUT2D eigenvalue weighted by Gasteiger charge is -2.32. The summed E-state index contributed by atoms with van der Waals surface area (Å²) in [4.78, 5) is 92.7. The third-order valence-corrected chi connectivity index (χ3v) is 7.86. The van der Waals surface area contributed by atoms with Crippen LogP contribution in [0.1, 0.15) is 130 Å². The molecule has 0 bridgehead atoms. The molecule has 53 heavy (non-hydrogen) atoms. The molecule has 6 N–H and O–H groups in total. The summed E-state index contributed by atoms with van der Waals surface area (Å²) in [5.74, 6) is -3.76. The molecular formula is C38H70N6O9. The highest BCUT2D eigenvalue weighted by Gasteiger charge is 2.38. The molecule has 0 aromatic heterocycles. The van der Waals surface area contributed by atoms with Gasteiger partial charge in [0.25, 0.3) is 0 Å². The molecule has 0 heterocycles. The molecular weight excluding hydrogens is 684 g/mol. The first kappa shape index (κ1) is 49.1. The van der Waals surface area contributed by atoms with E-state index in [-0.39, 0.29) is 49.4 Å². The average molecular weight is 755 g/mol. The van der Waals surface area contributed by atoms with Crippen molar-refractivity contribution in [3.8, 4) is 0 Å². The number of rotatable bonds is 20. The molecule has 306 valence electrons. The Balaban J connectivity index is 6.13. The smallest absolute Gasteiger partial charge is 0.408 e. The molecule has 4 atom stereocenters. The van der Waals surface area contributed by atoms with Gasteiger partial charge in [-0.3, -0.25) is 24.0 Å². The number of methoxy groups -OCH3 is 1. The van der Waals surface area contributed by atoms with Gasteiger partial charge in [0.2, 0.25) is 29.5 Å². The van der Waals surface area contributed by atoms with Crippen LogP contribution in [0.3, 0.4) is 0 Å². The molecule has 0 radical (unpaired) electrons. The van der Waals surface area contributed by atoms with Crippen LogP contribution in [0.4, 0.5) is 4.79 Å². The highest BCUT2D eigenvalue weighted by Crippen LogP contribution is 2.15. The largest absolute Gasteiger partial charge is 0.467 e. The van der Waals surface area contributed by atoms with Gasteiger partial charge in [0.1, 0.15) is 40.8 Å². The van der Waals surface area contributed by atoms with Crippen molar-refractivity contribution in [3.05, 3.63) is 0 Å². The fourth-order valence-corrected chi connectivity index (χ4v) is 5.30. The molecule has 0 aliphatic rings. The standard InChI is InChI=1S/C38H70N6O9/c1-21(2)17-25(29(45)39-28(20-24(7)8)32(48)44-38(14,15)34(50)52-16)41-33(49)37(12,13)43-31(47)27(19-23(5)6)40-30(46)26(18-22(3)4)42-35(51)53-36(9,10)11/h21-28H,17-20H2,1-16H3,(H,39,45)(H,40,46)(H,41,49)(H,42,51)(H,43,47)(H,44,48)/t25-,26+,27-,28+/m1/s1. The Morgan fingerprint density at radius 2 is 0.792 bits per heavy atom. The van der Waals surface area contributed by atoms with E-state index in [2.05, 4.69) is 31.9 Å². The van der Waals surface area contributed by atoms with Crippen LogP contribution in [0.15, 0.2) is 0 Å². The first-order valence-electron chi connectivity index (χ1n) is 18.6. The van der Waals surface area contributed by atoms with Gasteiger partial charge in [0.05, 0.1) is 7.11 Å². The minimum absolute atomic E-state index is 0.00686. The summed E-state index contributed by atoms with van der Waals surface area (Å²) in [7, 11) is 1.21. The summed E-state index contributed by atoms with van der Waals surface area (Å²) in [6, 6.07) is -4.12. The van der Waals surface area contributed by atoms with Crippen LogP contribution in [0.2, 0.25) is 0 Å². The van der Waals surface area contributed by atoms with Crippen molar-refractivity contribution in [1.29, 1.82) is 0 Å². The van der Waals surface area contributed by atoms with Crippen LogP contribution in [0, 0.1) is 23.7 Å². The van der Waals surface area contributed by atoms with Crippen LogP contribution in [0.5, 0.6) is 0 Å². The monoisotopic (exact) mass is 755 g/mol. The van der Waals surface area contributed by atoms with Crippen molar-refractivity contribution in [2.75, 3.05) is 7.11 Å².